The van der Waals surface area contributed by atoms with Crippen LogP contribution in [0.15, 0.2) is 0 Å². The van der Waals surface area contributed by atoms with Gasteiger partial charge in [0.2, 0.25) is 0 Å². The zero-order valence-electron chi connectivity index (χ0n) is 35.0. The molecule has 306 valence electrons. The largest absolute Gasteiger partial charge is 0.483 e. The molecule has 0 aliphatic rings. The van der Waals surface area contributed by atoms with Gasteiger partial charge in [-0.05, 0) is 51.1 Å². The van der Waals surface area contributed by atoms with Crippen LogP contribution in [0.4, 0.5) is 0 Å². The van der Waals surface area contributed by atoms with Crippen molar-refractivity contribution in [2.75, 3.05) is 32.8 Å². The zero-order chi connectivity index (χ0) is 37.9. The lowest BCUT2D eigenvalue weighted by Gasteiger charge is -2.21. The fraction of sp³-hybridized carbons (Fsp3) is 0.956. The molecule has 0 saturated carbocycles. The molecule has 0 heterocycles. The molecule has 0 rings (SSSR count). The number of carbonyl (C=O) groups excluding carboxylic acids is 1. The number of aliphatic hydroxyl groups excluding tert-OH is 1. The van der Waals surface area contributed by atoms with Crippen molar-refractivity contribution in [2.24, 2.45) is 11.8 Å². The molecule has 0 aliphatic carbocycles. The summed E-state index contributed by atoms with van der Waals surface area (Å²) < 4.78 is 5.82. The van der Waals surface area contributed by atoms with Gasteiger partial charge in [0.1, 0.15) is 0 Å². The Kier molecular flexibility index (Phi) is 45.9. The van der Waals surface area contributed by atoms with E-state index in [1.807, 2.05) is 0 Å². The summed E-state index contributed by atoms with van der Waals surface area (Å²) in [6, 6.07) is 0. The third-order valence-corrected chi connectivity index (χ3v) is 10.6. The van der Waals surface area contributed by atoms with E-state index in [0.717, 1.165) is 51.2 Å². The fourth-order valence-electron chi connectivity index (χ4n) is 7.23. The minimum Gasteiger partial charge on any atom is -0.483 e. The Morgan fingerprint density at radius 1 is 0.529 bits per heavy atom. The normalized spacial score (nSPS) is 11.9. The summed E-state index contributed by atoms with van der Waals surface area (Å²) in [7, 11) is 0. The van der Waals surface area contributed by atoms with Crippen LogP contribution in [-0.4, -0.2) is 60.4 Å². The average molecular weight is 726 g/mol. The Morgan fingerprint density at radius 3 is 1.25 bits per heavy atom. The number of esters is 1. The average Bonchev–Trinajstić information content (AvgIpc) is 3.12. The predicted octanol–water partition coefficient (Wildman–Crippen LogP) is 13.3. The summed E-state index contributed by atoms with van der Waals surface area (Å²) in [6.45, 7) is 12.9. The quantitative estimate of drug-likeness (QED) is 0.0371. The highest BCUT2D eigenvalue weighted by Crippen LogP contribution is 2.22. The van der Waals surface area contributed by atoms with Crippen molar-refractivity contribution in [2.45, 2.75) is 233 Å². The maximum Gasteiger partial charge on any atom is 0.308 e. The van der Waals surface area contributed by atoms with E-state index in [-0.39, 0.29) is 25.0 Å². The van der Waals surface area contributed by atoms with E-state index < -0.39 is 0 Å². The van der Waals surface area contributed by atoms with Gasteiger partial charge < -0.3 is 19.8 Å². The van der Waals surface area contributed by atoms with Crippen LogP contribution in [-0.2, 0) is 14.3 Å². The SMILES string of the molecule is CCCCCCCCCC(C)CCCCCCN(CCO)CCCCCCCOC(=O)C(CCCCCCCC)CCCCCCCC.O=CO. The van der Waals surface area contributed by atoms with Gasteiger partial charge >= 0.3 is 5.97 Å². The molecule has 0 aromatic rings. The summed E-state index contributed by atoms with van der Waals surface area (Å²) in [6.07, 6.45) is 41.3. The maximum atomic E-state index is 13.0. The second kappa shape index (κ2) is 45.0. The van der Waals surface area contributed by atoms with Crippen LogP contribution in [0.2, 0.25) is 0 Å². The van der Waals surface area contributed by atoms with E-state index in [2.05, 4.69) is 32.6 Å². The molecule has 0 aromatic carbocycles. The molecule has 0 spiro atoms. The number of carbonyl (C=O) groups is 2. The molecule has 0 radical (unpaired) electrons. The molecule has 0 bridgehead atoms. The summed E-state index contributed by atoms with van der Waals surface area (Å²) in [5.41, 5.74) is 0. The van der Waals surface area contributed by atoms with E-state index in [1.165, 1.54) is 180 Å². The number of carboxylic acid groups (broad SMARTS) is 1. The minimum absolute atomic E-state index is 0.0785. The first-order valence-electron chi connectivity index (χ1n) is 22.6. The summed E-state index contributed by atoms with van der Waals surface area (Å²) in [4.78, 5) is 23.8. The Bertz CT molecular complexity index is 659. The Morgan fingerprint density at radius 2 is 0.863 bits per heavy atom. The van der Waals surface area contributed by atoms with Crippen LogP contribution in [0.3, 0.4) is 0 Å². The van der Waals surface area contributed by atoms with Crippen molar-refractivity contribution in [3.05, 3.63) is 0 Å². The number of aliphatic hydroxyl groups is 1. The fourth-order valence-corrected chi connectivity index (χ4v) is 7.23. The lowest BCUT2D eigenvalue weighted by molar-refractivity contribution is -0.149. The number of rotatable bonds is 40. The molecule has 0 aliphatic heterocycles. The van der Waals surface area contributed by atoms with Gasteiger partial charge in [0.15, 0.2) is 0 Å². The Labute approximate surface area is 319 Å². The third kappa shape index (κ3) is 41.5. The first kappa shape index (κ1) is 52.0. The monoisotopic (exact) mass is 726 g/mol. The number of hydrogen-bond acceptors (Lipinski definition) is 5. The second-order valence-corrected chi connectivity index (χ2v) is 15.6. The van der Waals surface area contributed by atoms with Gasteiger partial charge in [-0.25, -0.2) is 0 Å². The number of unbranched alkanes of at least 4 members (excludes halogenated alkanes) is 23. The number of nitrogens with zero attached hydrogens (tertiary/aromatic N) is 1. The van der Waals surface area contributed by atoms with Gasteiger partial charge in [-0.15, -0.1) is 0 Å². The first-order valence-corrected chi connectivity index (χ1v) is 22.6. The van der Waals surface area contributed by atoms with Crippen LogP contribution in [0.5, 0.6) is 0 Å². The van der Waals surface area contributed by atoms with Crippen molar-refractivity contribution < 1.29 is 24.5 Å². The van der Waals surface area contributed by atoms with Crippen LogP contribution >= 0.6 is 0 Å². The highest BCUT2D eigenvalue weighted by Gasteiger charge is 2.19. The molecule has 2 N–H and O–H groups in total. The minimum atomic E-state index is -0.250. The molecule has 1 unspecified atom stereocenters. The van der Waals surface area contributed by atoms with Gasteiger partial charge in [0.05, 0.1) is 19.1 Å². The van der Waals surface area contributed by atoms with Crippen molar-refractivity contribution in [3.63, 3.8) is 0 Å². The van der Waals surface area contributed by atoms with Crippen LogP contribution in [0.25, 0.3) is 0 Å². The standard InChI is InChI=1S/C44H89NO3.CH2O2/c1-5-8-11-14-17-19-26-33-42(4)34-27-22-24-31-38-45(39-40-46)37-30-23-18-25-32-41-48-44(47)43(35-28-20-15-12-9-6-2)36-29-21-16-13-10-7-3;2-1-3/h42-43,46H,5-41H2,1-4H3;1H,(H,2,3). The molecule has 0 amide bonds. The topological polar surface area (TPSA) is 87.1 Å². The van der Waals surface area contributed by atoms with E-state index >= 15 is 0 Å². The molecule has 6 nitrogen and oxygen atoms in total. The molecule has 0 saturated heterocycles. The lowest BCUT2D eigenvalue weighted by Crippen LogP contribution is -2.29. The lowest BCUT2D eigenvalue weighted by atomic mass is 9.94. The summed E-state index contributed by atoms with van der Waals surface area (Å²) in [5, 5.41) is 16.5. The van der Waals surface area contributed by atoms with Crippen molar-refractivity contribution in [1.29, 1.82) is 0 Å². The van der Waals surface area contributed by atoms with E-state index in [1.54, 1.807) is 0 Å². The summed E-state index contributed by atoms with van der Waals surface area (Å²) >= 11 is 0. The van der Waals surface area contributed by atoms with E-state index in [9.17, 15) is 9.90 Å². The van der Waals surface area contributed by atoms with Gasteiger partial charge in [-0.3, -0.25) is 9.59 Å². The molecule has 6 heteroatoms. The summed E-state index contributed by atoms with van der Waals surface area (Å²) in [5.74, 6) is 1.08. The zero-order valence-corrected chi connectivity index (χ0v) is 35.0. The van der Waals surface area contributed by atoms with Crippen LogP contribution in [0, 0.1) is 11.8 Å². The number of ether oxygens (including phenoxy) is 1. The van der Waals surface area contributed by atoms with Gasteiger partial charge in [-0.2, -0.15) is 0 Å². The van der Waals surface area contributed by atoms with E-state index in [4.69, 9.17) is 14.6 Å². The van der Waals surface area contributed by atoms with Crippen LogP contribution < -0.4 is 0 Å². The van der Waals surface area contributed by atoms with Crippen molar-refractivity contribution >= 4 is 12.4 Å². The van der Waals surface area contributed by atoms with Crippen LogP contribution in [0.1, 0.15) is 233 Å². The highest BCUT2D eigenvalue weighted by atomic mass is 16.5. The third-order valence-electron chi connectivity index (χ3n) is 10.6. The molecule has 0 aromatic heterocycles. The van der Waals surface area contributed by atoms with Gasteiger partial charge in [0, 0.05) is 6.54 Å². The predicted molar refractivity (Wildman–Crippen MR) is 221 cm³/mol. The first-order chi connectivity index (χ1) is 25.0. The van der Waals surface area contributed by atoms with Gasteiger partial charge in [-0.1, -0.05) is 201 Å². The highest BCUT2D eigenvalue weighted by molar-refractivity contribution is 5.72. The molecule has 51 heavy (non-hydrogen) atoms. The molecule has 1 atom stereocenters. The molecule has 0 fully saturated rings. The smallest absolute Gasteiger partial charge is 0.308 e. The van der Waals surface area contributed by atoms with Crippen molar-refractivity contribution in [1.82, 2.24) is 4.90 Å². The Balaban J connectivity index is 0. The maximum absolute atomic E-state index is 13.0. The second-order valence-electron chi connectivity index (χ2n) is 15.6. The number of hydrogen-bond donors (Lipinski definition) is 2. The Hall–Kier alpha value is -1.14. The van der Waals surface area contributed by atoms with Crippen molar-refractivity contribution in [3.8, 4) is 0 Å². The van der Waals surface area contributed by atoms with E-state index in [0.29, 0.717) is 6.61 Å². The molecular formula is C45H91NO5. The molecular weight excluding hydrogens is 634 g/mol. The van der Waals surface area contributed by atoms with Gasteiger partial charge in [0.25, 0.3) is 6.47 Å².